The van der Waals surface area contributed by atoms with E-state index in [1.165, 1.54) is 89.5 Å². The van der Waals surface area contributed by atoms with Crippen LogP contribution in [0.25, 0.3) is 0 Å². The maximum Gasteiger partial charge on any atom is 0.397 e. The molecule has 8 atom stereocenters. The van der Waals surface area contributed by atoms with Gasteiger partial charge in [-0.05, 0) is 70.6 Å². The summed E-state index contributed by atoms with van der Waals surface area (Å²) in [5.41, 5.74) is 0. The van der Waals surface area contributed by atoms with Gasteiger partial charge in [0, 0.05) is 0 Å². The second-order valence-corrected chi connectivity index (χ2v) is 17.9. The Morgan fingerprint density at radius 1 is 0.645 bits per heavy atom. The monoisotopic (exact) mass is 902 g/mol. The highest BCUT2D eigenvalue weighted by Crippen LogP contribution is 2.26. The Kier molecular flexibility index (Phi) is 35.9. The molecule has 1 heterocycles. The first-order chi connectivity index (χ1) is 29.9. The van der Waals surface area contributed by atoms with E-state index in [1.807, 2.05) is 0 Å². The van der Waals surface area contributed by atoms with Crippen LogP contribution in [0.4, 0.5) is 0 Å². The summed E-state index contributed by atoms with van der Waals surface area (Å²) in [4.78, 5) is 13.1. The number of ether oxygens (including phenoxy) is 2. The van der Waals surface area contributed by atoms with E-state index in [0.717, 1.165) is 70.6 Å². The summed E-state index contributed by atoms with van der Waals surface area (Å²) in [5.74, 6) is -0.723. The van der Waals surface area contributed by atoms with Crippen molar-refractivity contribution in [3.8, 4) is 0 Å². The van der Waals surface area contributed by atoms with Crippen LogP contribution in [0.2, 0.25) is 0 Å². The molecule has 13 nitrogen and oxygen atoms in total. The Hall–Kier alpha value is -1.98. The van der Waals surface area contributed by atoms with E-state index >= 15 is 0 Å². The van der Waals surface area contributed by atoms with E-state index in [1.54, 1.807) is 6.08 Å². The quantitative estimate of drug-likeness (QED) is 0.0175. The van der Waals surface area contributed by atoms with Gasteiger partial charge in [-0.2, -0.15) is 8.42 Å². The highest BCUT2D eigenvalue weighted by atomic mass is 32.3. The summed E-state index contributed by atoms with van der Waals surface area (Å²) in [7, 11) is -5.13. The molecule has 0 saturated carbocycles. The van der Waals surface area contributed by atoms with Crippen molar-refractivity contribution in [1.82, 2.24) is 5.32 Å². The molecule has 14 heteroatoms. The van der Waals surface area contributed by atoms with Crippen LogP contribution in [-0.4, -0.2) is 107 Å². The zero-order valence-corrected chi connectivity index (χ0v) is 39.1. The first-order valence-corrected chi connectivity index (χ1v) is 25.5. The van der Waals surface area contributed by atoms with Crippen LogP contribution < -0.4 is 5.32 Å². The Morgan fingerprint density at radius 3 is 1.55 bits per heavy atom. The second-order valence-electron chi connectivity index (χ2n) is 16.8. The molecular formula is C48H87NO12S. The minimum absolute atomic E-state index is 0.225. The average Bonchev–Trinajstić information content (AvgIpc) is 3.24. The fourth-order valence-corrected chi connectivity index (χ4v) is 7.82. The number of amides is 1. The van der Waals surface area contributed by atoms with Gasteiger partial charge in [0.05, 0.1) is 25.4 Å². The first-order valence-electron chi connectivity index (χ1n) is 24.1. The van der Waals surface area contributed by atoms with Crippen LogP contribution in [0, 0.1) is 0 Å². The van der Waals surface area contributed by atoms with Crippen LogP contribution in [0.3, 0.4) is 0 Å². The van der Waals surface area contributed by atoms with Gasteiger partial charge in [0.1, 0.15) is 30.5 Å². The zero-order chi connectivity index (χ0) is 45.7. The lowest BCUT2D eigenvalue weighted by Gasteiger charge is -2.41. The fourth-order valence-electron chi connectivity index (χ4n) is 7.31. The number of aliphatic hydroxyl groups excluding tert-OH is 5. The van der Waals surface area contributed by atoms with Crippen molar-refractivity contribution in [2.45, 2.75) is 236 Å². The minimum atomic E-state index is -5.13. The number of hydrogen-bond acceptors (Lipinski definition) is 11. The van der Waals surface area contributed by atoms with Crippen LogP contribution in [0.1, 0.15) is 187 Å². The fraction of sp³-hybridized carbons (Fsp3) is 0.812. The molecule has 0 aromatic rings. The normalized spacial score (nSPS) is 21.5. The Labute approximate surface area is 375 Å². The van der Waals surface area contributed by atoms with E-state index in [9.17, 15) is 43.3 Å². The van der Waals surface area contributed by atoms with E-state index in [-0.39, 0.29) is 6.42 Å². The molecule has 0 aromatic heterocycles. The van der Waals surface area contributed by atoms with Gasteiger partial charge >= 0.3 is 10.4 Å². The number of aliphatic hydroxyl groups is 5. The van der Waals surface area contributed by atoms with E-state index < -0.39 is 78.5 Å². The predicted octanol–water partition coefficient (Wildman–Crippen LogP) is 8.63. The molecule has 8 unspecified atom stereocenters. The summed E-state index contributed by atoms with van der Waals surface area (Å²) in [6.45, 7) is 3.18. The third kappa shape index (κ3) is 30.2. The van der Waals surface area contributed by atoms with Gasteiger partial charge in [-0.3, -0.25) is 9.35 Å². The maximum absolute atomic E-state index is 13.1. The third-order valence-corrected chi connectivity index (χ3v) is 11.6. The summed E-state index contributed by atoms with van der Waals surface area (Å²) in [6, 6.07) is -1.15. The number of rotatable bonds is 40. The molecule has 1 rings (SSSR count). The van der Waals surface area contributed by atoms with Gasteiger partial charge < -0.3 is 40.3 Å². The molecule has 62 heavy (non-hydrogen) atoms. The molecule has 7 N–H and O–H groups in total. The molecule has 0 radical (unpaired) electrons. The SMILES string of the molecule is CCCCCCCC/C=C\CCCCCCCCC(O)C(=O)NC(COC1OC(CO)C(O)C(OS(=O)(=O)O)C1O)C(O)/C=C/CC/C=C/CC/C=C/CCCCCCCCC. The molecule has 362 valence electrons. The minimum Gasteiger partial charge on any atom is -0.394 e. The van der Waals surface area contributed by atoms with Crippen LogP contribution in [0.15, 0.2) is 48.6 Å². The second kappa shape index (κ2) is 38.3. The molecule has 1 fully saturated rings. The molecule has 1 aliphatic heterocycles. The number of nitrogens with one attached hydrogen (secondary N) is 1. The largest absolute Gasteiger partial charge is 0.397 e. The maximum atomic E-state index is 13.1. The van der Waals surface area contributed by atoms with Crippen molar-refractivity contribution in [3.63, 3.8) is 0 Å². The van der Waals surface area contributed by atoms with Crippen LogP contribution >= 0.6 is 0 Å². The molecule has 0 bridgehead atoms. The lowest BCUT2D eigenvalue weighted by molar-refractivity contribution is -0.298. The molecule has 0 spiro atoms. The topological polar surface area (TPSA) is 212 Å². The third-order valence-electron chi connectivity index (χ3n) is 11.2. The van der Waals surface area contributed by atoms with Crippen molar-refractivity contribution in [3.05, 3.63) is 48.6 Å². The number of allylic oxidation sites excluding steroid dienone is 7. The zero-order valence-electron chi connectivity index (χ0n) is 38.3. The van der Waals surface area contributed by atoms with Crippen molar-refractivity contribution >= 4 is 16.3 Å². The van der Waals surface area contributed by atoms with Gasteiger partial charge in [0.25, 0.3) is 0 Å². The Bertz CT molecular complexity index is 1310. The number of carbonyl (C=O) groups excluding carboxylic acids is 1. The van der Waals surface area contributed by atoms with Gasteiger partial charge in [-0.15, -0.1) is 0 Å². The lowest BCUT2D eigenvalue weighted by atomic mass is 9.99. The Morgan fingerprint density at radius 2 is 1.08 bits per heavy atom. The molecule has 0 aliphatic carbocycles. The number of hydrogen-bond donors (Lipinski definition) is 7. The standard InChI is InChI=1S/C48H87NO12S/c1-3-5-7-9-11-13-15-17-19-21-23-24-26-28-30-32-34-36-41(51)40(39-59-48-45(54)46(61-62(56,57)58)44(53)43(38-50)60-48)49-47(55)42(52)37-35-33-31-29-27-25-22-20-18-16-14-12-10-8-6-4-2/h18-21,26,28,34,36,40-46,48,50-54H,3-17,22-25,27,29-33,35,37-39H2,1-2H3,(H,49,55)(H,56,57,58)/b20-18-,21-19+,28-26+,36-34+. The van der Waals surface area contributed by atoms with E-state index in [0.29, 0.717) is 12.8 Å². The van der Waals surface area contributed by atoms with Gasteiger partial charge in [-0.1, -0.05) is 165 Å². The molecule has 1 aliphatic rings. The van der Waals surface area contributed by atoms with Gasteiger partial charge in [-0.25, -0.2) is 4.18 Å². The predicted molar refractivity (Wildman–Crippen MR) is 247 cm³/mol. The lowest BCUT2D eigenvalue weighted by Crippen LogP contribution is -2.61. The summed E-state index contributed by atoms with van der Waals surface area (Å²) in [6.07, 6.45) is 34.7. The van der Waals surface area contributed by atoms with Crippen molar-refractivity contribution in [2.75, 3.05) is 13.2 Å². The van der Waals surface area contributed by atoms with Gasteiger partial charge in [0.15, 0.2) is 6.29 Å². The smallest absolute Gasteiger partial charge is 0.394 e. The molecule has 1 saturated heterocycles. The highest BCUT2D eigenvalue weighted by Gasteiger charge is 2.48. The summed E-state index contributed by atoms with van der Waals surface area (Å²) in [5, 5.41) is 55.2. The first kappa shape index (κ1) is 58.0. The average molecular weight is 902 g/mol. The summed E-state index contributed by atoms with van der Waals surface area (Å²) >= 11 is 0. The molecular weight excluding hydrogens is 815 g/mol. The van der Waals surface area contributed by atoms with Gasteiger partial charge in [0.2, 0.25) is 5.91 Å². The van der Waals surface area contributed by atoms with Crippen molar-refractivity contribution < 1.29 is 57.0 Å². The van der Waals surface area contributed by atoms with Crippen LogP contribution in [0.5, 0.6) is 0 Å². The molecule has 0 aromatic carbocycles. The summed E-state index contributed by atoms with van der Waals surface area (Å²) < 4.78 is 47.5. The van der Waals surface area contributed by atoms with E-state index in [4.69, 9.17) is 9.47 Å². The number of unbranched alkanes of at least 4 members (excludes halogenated alkanes) is 21. The Balaban J connectivity index is 2.62. The van der Waals surface area contributed by atoms with E-state index in [2.05, 4.69) is 59.8 Å². The molecule has 1 amide bonds. The highest BCUT2D eigenvalue weighted by molar-refractivity contribution is 7.80. The van der Waals surface area contributed by atoms with Crippen LogP contribution in [-0.2, 0) is 28.9 Å². The van der Waals surface area contributed by atoms with Crippen molar-refractivity contribution in [2.24, 2.45) is 0 Å². The number of carbonyl (C=O) groups is 1. The van der Waals surface area contributed by atoms with Crippen molar-refractivity contribution in [1.29, 1.82) is 0 Å².